The maximum atomic E-state index is 10.9. The molecule has 0 aliphatic rings. The molecule has 0 saturated heterocycles. The van der Waals surface area contributed by atoms with Crippen molar-refractivity contribution in [1.82, 2.24) is 9.55 Å². The third-order valence-corrected chi connectivity index (χ3v) is 4.09. The predicted molar refractivity (Wildman–Crippen MR) is 98.3 cm³/mol. The van der Waals surface area contributed by atoms with Gasteiger partial charge in [-0.05, 0) is 43.2 Å². The number of carboxylic acid groups (broad SMARTS) is 1. The van der Waals surface area contributed by atoms with Crippen LogP contribution in [0, 0.1) is 6.92 Å². The molecular formula is C20H20N2O3. The molecule has 2 aromatic heterocycles. The van der Waals surface area contributed by atoms with Crippen molar-refractivity contribution < 1.29 is 14.3 Å². The first-order valence-electron chi connectivity index (χ1n) is 8.06. The van der Waals surface area contributed by atoms with Gasteiger partial charge in [0.15, 0.2) is 5.58 Å². The molecule has 128 valence electrons. The summed E-state index contributed by atoms with van der Waals surface area (Å²) in [7, 11) is 1.99. The number of hydrogen-bond donors (Lipinski definition) is 1. The first kappa shape index (κ1) is 16.8. The fourth-order valence-electron chi connectivity index (χ4n) is 2.85. The van der Waals surface area contributed by atoms with Crippen LogP contribution in [0.3, 0.4) is 0 Å². The number of allylic oxidation sites excluding steroid dienone is 3. The number of nitrogens with zero attached hydrogens (tertiary/aromatic N) is 2. The van der Waals surface area contributed by atoms with E-state index >= 15 is 0 Å². The minimum atomic E-state index is -0.865. The lowest BCUT2D eigenvalue weighted by Gasteiger charge is -1.97. The van der Waals surface area contributed by atoms with Gasteiger partial charge in [0.2, 0.25) is 5.89 Å². The molecule has 0 radical (unpaired) electrons. The summed E-state index contributed by atoms with van der Waals surface area (Å²) in [5.74, 6) is -0.322. The molecule has 0 amide bonds. The Labute approximate surface area is 145 Å². The first-order chi connectivity index (χ1) is 12.0. The normalized spacial score (nSPS) is 12.0. The zero-order valence-electron chi connectivity index (χ0n) is 14.5. The van der Waals surface area contributed by atoms with E-state index in [1.165, 1.54) is 0 Å². The van der Waals surface area contributed by atoms with Crippen LogP contribution in [-0.4, -0.2) is 20.6 Å². The van der Waals surface area contributed by atoms with Crippen LogP contribution >= 0.6 is 0 Å². The second-order valence-corrected chi connectivity index (χ2v) is 5.94. The van der Waals surface area contributed by atoms with Crippen LogP contribution in [-0.2, 0) is 18.3 Å². The van der Waals surface area contributed by atoms with Gasteiger partial charge in [-0.2, -0.15) is 0 Å². The van der Waals surface area contributed by atoms with E-state index in [0.717, 1.165) is 22.3 Å². The molecule has 1 N–H and O–H groups in total. The monoisotopic (exact) mass is 336 g/mol. The summed E-state index contributed by atoms with van der Waals surface area (Å²) in [5.41, 5.74) is 5.12. The first-order valence-corrected chi connectivity index (χ1v) is 8.06. The Morgan fingerprint density at radius 1 is 1.36 bits per heavy atom. The Morgan fingerprint density at radius 3 is 2.88 bits per heavy atom. The molecule has 0 atom stereocenters. The van der Waals surface area contributed by atoms with E-state index in [9.17, 15) is 4.79 Å². The quantitative estimate of drug-likeness (QED) is 0.703. The van der Waals surface area contributed by atoms with Crippen LogP contribution in [0.5, 0.6) is 0 Å². The van der Waals surface area contributed by atoms with Crippen molar-refractivity contribution in [3.8, 4) is 11.5 Å². The number of carboxylic acids is 1. The number of aliphatic carboxylic acids is 1. The summed E-state index contributed by atoms with van der Waals surface area (Å²) in [6.07, 6.45) is 9.97. The van der Waals surface area contributed by atoms with Gasteiger partial charge in [-0.3, -0.25) is 4.79 Å². The molecule has 25 heavy (non-hydrogen) atoms. The van der Waals surface area contributed by atoms with Crippen molar-refractivity contribution in [2.24, 2.45) is 7.05 Å². The molecule has 3 aromatic rings. The van der Waals surface area contributed by atoms with Crippen molar-refractivity contribution in [3.63, 3.8) is 0 Å². The van der Waals surface area contributed by atoms with Crippen molar-refractivity contribution in [1.29, 1.82) is 0 Å². The Bertz CT molecular complexity index is 990. The summed E-state index contributed by atoms with van der Waals surface area (Å²) < 4.78 is 7.93. The van der Waals surface area contributed by atoms with E-state index in [4.69, 9.17) is 9.52 Å². The van der Waals surface area contributed by atoms with Crippen LogP contribution in [0.1, 0.15) is 23.7 Å². The van der Waals surface area contributed by atoms with Gasteiger partial charge in [0.05, 0.1) is 12.0 Å². The van der Waals surface area contributed by atoms with Crippen molar-refractivity contribution >= 4 is 23.1 Å². The lowest BCUT2D eigenvalue weighted by atomic mass is 10.1. The van der Waals surface area contributed by atoms with Crippen molar-refractivity contribution in [2.75, 3.05) is 0 Å². The lowest BCUT2D eigenvalue weighted by Crippen LogP contribution is -1.99. The lowest BCUT2D eigenvalue weighted by molar-refractivity contribution is -0.136. The maximum absolute atomic E-state index is 10.9. The summed E-state index contributed by atoms with van der Waals surface area (Å²) >= 11 is 0. The predicted octanol–water partition coefficient (Wildman–Crippen LogP) is 4.36. The van der Waals surface area contributed by atoms with E-state index in [1.54, 1.807) is 18.2 Å². The zero-order valence-corrected chi connectivity index (χ0v) is 14.5. The smallest absolute Gasteiger partial charge is 0.307 e. The average Bonchev–Trinajstić information content (AvgIpc) is 3.09. The average molecular weight is 336 g/mol. The van der Waals surface area contributed by atoms with Crippen LogP contribution < -0.4 is 0 Å². The number of rotatable bonds is 5. The number of carbonyl (C=O) groups is 1. The van der Waals surface area contributed by atoms with Gasteiger partial charge in [0.25, 0.3) is 0 Å². The molecule has 0 spiro atoms. The third kappa shape index (κ3) is 3.40. The van der Waals surface area contributed by atoms with Gasteiger partial charge in [0, 0.05) is 18.9 Å². The second kappa shape index (κ2) is 6.81. The third-order valence-electron chi connectivity index (χ3n) is 4.09. The van der Waals surface area contributed by atoms with Gasteiger partial charge in [0.1, 0.15) is 5.52 Å². The van der Waals surface area contributed by atoms with Crippen LogP contribution in [0.2, 0.25) is 0 Å². The topological polar surface area (TPSA) is 68.3 Å². The van der Waals surface area contributed by atoms with Gasteiger partial charge in [-0.1, -0.05) is 24.3 Å². The molecule has 0 bridgehead atoms. The highest BCUT2D eigenvalue weighted by atomic mass is 16.4. The summed E-state index contributed by atoms with van der Waals surface area (Å²) in [4.78, 5) is 15.4. The fourth-order valence-corrected chi connectivity index (χ4v) is 2.85. The Kier molecular flexibility index (Phi) is 4.57. The van der Waals surface area contributed by atoms with Gasteiger partial charge < -0.3 is 14.1 Å². The molecule has 5 heteroatoms. The molecule has 5 nitrogen and oxygen atoms in total. The van der Waals surface area contributed by atoms with Crippen LogP contribution in [0.4, 0.5) is 0 Å². The van der Waals surface area contributed by atoms with E-state index in [-0.39, 0.29) is 6.42 Å². The largest absolute Gasteiger partial charge is 0.481 e. The summed E-state index contributed by atoms with van der Waals surface area (Å²) in [6, 6.07) is 5.31. The van der Waals surface area contributed by atoms with E-state index in [2.05, 4.69) is 4.98 Å². The highest BCUT2D eigenvalue weighted by molar-refractivity contribution is 5.80. The number of benzene rings is 1. The SMILES string of the molecule is C/C=C\C=C/c1c(C)c(-c2nc3ccc(CC(=O)O)cc3o2)cn1C. The van der Waals surface area contributed by atoms with E-state index < -0.39 is 5.97 Å². The maximum Gasteiger partial charge on any atom is 0.307 e. The van der Waals surface area contributed by atoms with Gasteiger partial charge >= 0.3 is 5.97 Å². The molecule has 0 aliphatic carbocycles. The molecule has 0 aliphatic heterocycles. The second-order valence-electron chi connectivity index (χ2n) is 5.94. The number of fused-ring (bicyclic) bond motifs is 1. The minimum Gasteiger partial charge on any atom is -0.481 e. The molecule has 0 saturated carbocycles. The minimum absolute atomic E-state index is 0.0315. The number of oxazole rings is 1. The van der Waals surface area contributed by atoms with Crippen LogP contribution in [0.25, 0.3) is 28.6 Å². The standard InChI is InChI=1S/C20H20N2O3/c1-4-5-6-7-17-13(2)15(12-22(17)3)20-21-16-9-8-14(11-19(23)24)10-18(16)25-20/h4-10,12H,11H2,1-3H3,(H,23,24)/b5-4-,7-6-. The summed E-state index contributed by atoms with van der Waals surface area (Å²) in [5, 5.41) is 8.92. The Morgan fingerprint density at radius 2 is 2.16 bits per heavy atom. The van der Waals surface area contributed by atoms with Gasteiger partial charge in [-0.25, -0.2) is 4.98 Å². The zero-order chi connectivity index (χ0) is 18.0. The molecule has 0 fully saturated rings. The Hall–Kier alpha value is -3.08. The molecule has 1 aromatic carbocycles. The van der Waals surface area contributed by atoms with Crippen LogP contribution in [0.15, 0.2) is 47.0 Å². The van der Waals surface area contributed by atoms with Gasteiger partial charge in [-0.15, -0.1) is 0 Å². The summed E-state index contributed by atoms with van der Waals surface area (Å²) in [6.45, 7) is 4.01. The van der Waals surface area contributed by atoms with Crippen molar-refractivity contribution in [2.45, 2.75) is 20.3 Å². The molecular weight excluding hydrogens is 316 g/mol. The highest BCUT2D eigenvalue weighted by Crippen LogP contribution is 2.30. The number of aromatic nitrogens is 2. The van der Waals surface area contributed by atoms with E-state index in [0.29, 0.717) is 17.0 Å². The number of hydrogen-bond acceptors (Lipinski definition) is 3. The molecule has 3 rings (SSSR count). The van der Waals surface area contributed by atoms with E-state index in [1.807, 2.05) is 56.0 Å². The molecule has 0 unspecified atom stereocenters. The number of aryl methyl sites for hydroxylation is 1. The molecule has 2 heterocycles. The van der Waals surface area contributed by atoms with Crippen molar-refractivity contribution in [3.05, 3.63) is 59.4 Å². The highest BCUT2D eigenvalue weighted by Gasteiger charge is 2.16. The fraction of sp³-hybridized carbons (Fsp3) is 0.200. The Balaban J connectivity index is 2.02.